The highest BCUT2D eigenvalue weighted by Gasteiger charge is 2.38. The predicted molar refractivity (Wildman–Crippen MR) is 90.7 cm³/mol. The summed E-state index contributed by atoms with van der Waals surface area (Å²) in [6, 6.07) is 6.33. The Bertz CT molecular complexity index is 587. The predicted octanol–water partition coefficient (Wildman–Crippen LogP) is 2.26. The number of halogens is 1. The molecule has 2 aliphatic rings. The van der Waals surface area contributed by atoms with Crippen LogP contribution in [0.5, 0.6) is 0 Å². The number of hydrogen-bond donors (Lipinski definition) is 1. The van der Waals surface area contributed by atoms with Crippen LogP contribution < -0.4 is 10.2 Å². The minimum absolute atomic E-state index is 0.0215. The van der Waals surface area contributed by atoms with Crippen LogP contribution in [0, 0.1) is 0 Å². The molecule has 1 fully saturated rings. The van der Waals surface area contributed by atoms with Gasteiger partial charge in [-0.25, -0.2) is 0 Å². The molecule has 0 aromatic heterocycles. The van der Waals surface area contributed by atoms with E-state index in [1.165, 1.54) is 5.56 Å². The van der Waals surface area contributed by atoms with Gasteiger partial charge in [0.05, 0.1) is 6.54 Å². The normalized spacial score (nSPS) is 24.4. The molecule has 1 saturated heterocycles. The van der Waals surface area contributed by atoms with Gasteiger partial charge in [0, 0.05) is 48.3 Å². The van der Waals surface area contributed by atoms with Crippen molar-refractivity contribution in [1.29, 1.82) is 0 Å². The molecule has 5 heteroatoms. The molecule has 120 valence electrons. The van der Waals surface area contributed by atoms with Crippen molar-refractivity contribution in [3.05, 3.63) is 28.8 Å². The van der Waals surface area contributed by atoms with Crippen molar-refractivity contribution in [2.75, 3.05) is 37.6 Å². The van der Waals surface area contributed by atoms with Crippen LogP contribution in [-0.2, 0) is 10.2 Å². The Balaban J connectivity index is 1.78. The summed E-state index contributed by atoms with van der Waals surface area (Å²) in [7, 11) is 0. The molecule has 1 unspecified atom stereocenters. The van der Waals surface area contributed by atoms with Gasteiger partial charge in [-0.2, -0.15) is 0 Å². The van der Waals surface area contributed by atoms with Crippen LogP contribution in [0.15, 0.2) is 18.2 Å². The maximum absolute atomic E-state index is 12.8. The average molecular weight is 322 g/mol. The molecular weight excluding hydrogens is 298 g/mol. The number of carbonyl (C=O) groups excluding carboxylic acids is 1. The standard InChI is InChI=1S/C17H24ClN3O/c1-12-9-20(7-6-19-12)10-16(22)21-11-17(2,3)14-5-4-13(18)8-15(14)21/h4-5,8,12,19H,6-7,9-11H2,1-3H3. The number of nitrogens with one attached hydrogen (secondary N) is 1. The van der Waals surface area contributed by atoms with Crippen molar-refractivity contribution in [2.45, 2.75) is 32.2 Å². The fourth-order valence-corrected chi connectivity index (χ4v) is 3.69. The Kier molecular flexibility index (Phi) is 4.19. The first-order valence-corrected chi connectivity index (χ1v) is 8.31. The fourth-order valence-electron chi connectivity index (χ4n) is 3.52. The number of benzene rings is 1. The van der Waals surface area contributed by atoms with Crippen molar-refractivity contribution in [1.82, 2.24) is 10.2 Å². The van der Waals surface area contributed by atoms with Gasteiger partial charge >= 0.3 is 0 Å². The summed E-state index contributed by atoms with van der Waals surface area (Å²) >= 11 is 6.14. The molecule has 4 nitrogen and oxygen atoms in total. The fraction of sp³-hybridized carbons (Fsp3) is 0.588. The first-order valence-electron chi connectivity index (χ1n) is 7.93. The van der Waals surface area contributed by atoms with E-state index in [2.05, 4.69) is 37.1 Å². The van der Waals surface area contributed by atoms with Crippen LogP contribution in [0.3, 0.4) is 0 Å². The lowest BCUT2D eigenvalue weighted by Crippen LogP contribution is -2.52. The lowest BCUT2D eigenvalue weighted by Gasteiger charge is -2.32. The SMILES string of the molecule is CC1CN(CC(=O)N2CC(C)(C)c3ccc(Cl)cc32)CCN1. The van der Waals surface area contributed by atoms with E-state index < -0.39 is 0 Å². The van der Waals surface area contributed by atoms with Crippen molar-refractivity contribution < 1.29 is 4.79 Å². The van der Waals surface area contributed by atoms with Crippen LogP contribution in [0.1, 0.15) is 26.3 Å². The topological polar surface area (TPSA) is 35.6 Å². The average Bonchev–Trinajstić information content (AvgIpc) is 2.70. The first kappa shape index (κ1) is 15.8. The Hall–Kier alpha value is -1.10. The number of rotatable bonds is 2. The van der Waals surface area contributed by atoms with Crippen LogP contribution in [0.4, 0.5) is 5.69 Å². The maximum atomic E-state index is 12.8. The summed E-state index contributed by atoms with van der Waals surface area (Å²) in [5.41, 5.74) is 2.16. The summed E-state index contributed by atoms with van der Waals surface area (Å²) in [5.74, 6) is 0.170. The Labute approximate surface area is 137 Å². The first-order chi connectivity index (χ1) is 10.4. The van der Waals surface area contributed by atoms with Gasteiger partial charge < -0.3 is 10.2 Å². The van der Waals surface area contributed by atoms with E-state index in [-0.39, 0.29) is 11.3 Å². The van der Waals surface area contributed by atoms with Gasteiger partial charge in [0.2, 0.25) is 5.91 Å². The molecule has 22 heavy (non-hydrogen) atoms. The third kappa shape index (κ3) is 3.00. The second-order valence-corrected chi connectivity index (χ2v) is 7.55. The third-order valence-corrected chi connectivity index (χ3v) is 4.88. The molecular formula is C17H24ClN3O. The van der Waals surface area contributed by atoms with E-state index in [1.807, 2.05) is 17.0 Å². The molecule has 0 bridgehead atoms. The molecule has 0 aliphatic carbocycles. The van der Waals surface area contributed by atoms with E-state index in [4.69, 9.17) is 11.6 Å². The van der Waals surface area contributed by atoms with Gasteiger partial charge in [0.1, 0.15) is 0 Å². The lowest BCUT2D eigenvalue weighted by atomic mass is 9.87. The number of nitrogens with zero attached hydrogens (tertiary/aromatic N) is 2. The van der Waals surface area contributed by atoms with Crippen molar-refractivity contribution >= 4 is 23.2 Å². The maximum Gasteiger partial charge on any atom is 0.241 e. The van der Waals surface area contributed by atoms with Crippen molar-refractivity contribution in [3.63, 3.8) is 0 Å². The highest BCUT2D eigenvalue weighted by Crippen LogP contribution is 2.41. The molecule has 1 aromatic carbocycles. The molecule has 1 N–H and O–H groups in total. The minimum atomic E-state index is -0.0215. The van der Waals surface area contributed by atoms with E-state index in [0.717, 1.165) is 31.9 Å². The molecule has 2 aliphatic heterocycles. The zero-order chi connectivity index (χ0) is 15.9. The molecule has 3 rings (SSSR count). The zero-order valence-corrected chi connectivity index (χ0v) is 14.3. The van der Waals surface area contributed by atoms with Crippen molar-refractivity contribution in [3.8, 4) is 0 Å². The number of hydrogen-bond acceptors (Lipinski definition) is 3. The second-order valence-electron chi connectivity index (χ2n) is 7.12. The molecule has 0 saturated carbocycles. The van der Waals surface area contributed by atoms with E-state index in [9.17, 15) is 4.79 Å². The summed E-state index contributed by atoms with van der Waals surface area (Å²) in [6.45, 7) is 10.5. The highest BCUT2D eigenvalue weighted by atomic mass is 35.5. The number of amides is 1. The lowest BCUT2D eigenvalue weighted by molar-refractivity contribution is -0.120. The summed E-state index contributed by atoms with van der Waals surface area (Å²) in [5, 5.41) is 4.09. The summed E-state index contributed by atoms with van der Waals surface area (Å²) in [6.07, 6.45) is 0. The van der Waals surface area contributed by atoms with Gasteiger partial charge in [0.25, 0.3) is 0 Å². The van der Waals surface area contributed by atoms with E-state index >= 15 is 0 Å². The smallest absolute Gasteiger partial charge is 0.241 e. The Morgan fingerprint density at radius 3 is 2.95 bits per heavy atom. The zero-order valence-electron chi connectivity index (χ0n) is 13.5. The molecule has 1 amide bonds. The summed E-state index contributed by atoms with van der Waals surface area (Å²) < 4.78 is 0. The van der Waals surface area contributed by atoms with Crippen LogP contribution >= 0.6 is 11.6 Å². The number of carbonyl (C=O) groups is 1. The third-order valence-electron chi connectivity index (χ3n) is 4.65. The summed E-state index contributed by atoms with van der Waals surface area (Å²) in [4.78, 5) is 16.9. The Morgan fingerprint density at radius 1 is 1.45 bits per heavy atom. The van der Waals surface area contributed by atoms with Gasteiger partial charge in [-0.15, -0.1) is 0 Å². The minimum Gasteiger partial charge on any atom is -0.312 e. The van der Waals surface area contributed by atoms with Crippen LogP contribution in [-0.4, -0.2) is 49.6 Å². The number of piperazine rings is 1. The molecule has 1 aromatic rings. The van der Waals surface area contributed by atoms with Crippen LogP contribution in [0.25, 0.3) is 0 Å². The molecule has 0 spiro atoms. The molecule has 2 heterocycles. The van der Waals surface area contributed by atoms with Gasteiger partial charge in [0.15, 0.2) is 0 Å². The number of fused-ring (bicyclic) bond motifs is 1. The van der Waals surface area contributed by atoms with Crippen molar-refractivity contribution in [2.24, 2.45) is 0 Å². The monoisotopic (exact) mass is 321 g/mol. The quantitative estimate of drug-likeness (QED) is 0.907. The van der Waals surface area contributed by atoms with Gasteiger partial charge in [-0.3, -0.25) is 9.69 Å². The largest absolute Gasteiger partial charge is 0.312 e. The van der Waals surface area contributed by atoms with E-state index in [0.29, 0.717) is 17.6 Å². The Morgan fingerprint density at radius 2 is 2.23 bits per heavy atom. The second kappa shape index (κ2) is 5.84. The molecule has 1 atom stereocenters. The van der Waals surface area contributed by atoms with Crippen LogP contribution in [0.2, 0.25) is 5.02 Å². The molecule has 0 radical (unpaired) electrons. The number of anilines is 1. The highest BCUT2D eigenvalue weighted by molar-refractivity contribution is 6.31. The van der Waals surface area contributed by atoms with Gasteiger partial charge in [-0.05, 0) is 24.6 Å². The van der Waals surface area contributed by atoms with Gasteiger partial charge in [-0.1, -0.05) is 31.5 Å². The van der Waals surface area contributed by atoms with E-state index in [1.54, 1.807) is 0 Å².